The molecule has 1 atom stereocenters. The number of benzene rings is 2. The number of carbonyl (C=O) groups is 1. The molecule has 1 amide bonds. The maximum absolute atomic E-state index is 12.7. The minimum absolute atomic E-state index is 0.319. The van der Waals surface area contributed by atoms with Crippen molar-refractivity contribution >= 4 is 5.91 Å². The normalized spacial score (nSPS) is 12.8. The fraction of sp³-hybridized carbons (Fsp3) is 0.188. The van der Waals surface area contributed by atoms with Gasteiger partial charge in [0, 0.05) is 5.56 Å². The van der Waals surface area contributed by atoms with E-state index < -0.39 is 17.8 Å². The summed E-state index contributed by atoms with van der Waals surface area (Å²) in [5.41, 5.74) is 0.159. The van der Waals surface area contributed by atoms with Gasteiger partial charge in [0.05, 0.1) is 11.6 Å². The number of hydrogen-bond donors (Lipinski definition) is 1. The van der Waals surface area contributed by atoms with E-state index >= 15 is 0 Å². The van der Waals surface area contributed by atoms with E-state index in [9.17, 15) is 18.0 Å². The topological polar surface area (TPSA) is 29.1 Å². The van der Waals surface area contributed by atoms with Gasteiger partial charge < -0.3 is 5.32 Å². The van der Waals surface area contributed by atoms with Crippen molar-refractivity contribution in [2.75, 3.05) is 0 Å². The fourth-order valence-corrected chi connectivity index (χ4v) is 1.94. The van der Waals surface area contributed by atoms with Gasteiger partial charge in [-0.1, -0.05) is 30.3 Å². The Morgan fingerprint density at radius 1 is 1.05 bits per heavy atom. The van der Waals surface area contributed by atoms with Gasteiger partial charge in [0.2, 0.25) is 0 Å². The smallest absolute Gasteiger partial charge is 0.346 e. The van der Waals surface area contributed by atoms with E-state index in [0.29, 0.717) is 11.1 Å². The van der Waals surface area contributed by atoms with Crippen LogP contribution in [0.25, 0.3) is 0 Å². The molecule has 1 N–H and O–H groups in total. The summed E-state index contributed by atoms with van der Waals surface area (Å²) in [5.74, 6) is -0.319. The van der Waals surface area contributed by atoms with Crippen LogP contribution in [0.15, 0.2) is 54.6 Å². The van der Waals surface area contributed by atoms with E-state index in [1.807, 2.05) is 0 Å². The third kappa shape index (κ3) is 3.84. The highest BCUT2D eigenvalue weighted by molar-refractivity contribution is 5.94. The zero-order valence-corrected chi connectivity index (χ0v) is 11.3. The molecular formula is C16H14F3NO. The first-order chi connectivity index (χ1) is 9.88. The summed E-state index contributed by atoms with van der Waals surface area (Å²) >= 11 is 0. The van der Waals surface area contributed by atoms with Crippen LogP contribution in [0.4, 0.5) is 13.2 Å². The second kappa shape index (κ2) is 5.99. The Kier molecular flexibility index (Phi) is 4.31. The molecule has 0 spiro atoms. The van der Waals surface area contributed by atoms with Crippen molar-refractivity contribution in [1.82, 2.24) is 5.32 Å². The lowest BCUT2D eigenvalue weighted by atomic mass is 10.0. The fourth-order valence-electron chi connectivity index (χ4n) is 1.94. The number of carbonyl (C=O) groups excluding carboxylic acids is 1. The Morgan fingerprint density at radius 2 is 1.71 bits per heavy atom. The molecule has 0 fully saturated rings. The number of alkyl halides is 3. The Bertz CT molecular complexity index is 623. The standard InChI is InChI=1S/C16H14F3NO/c1-11(20-15(21)12-6-3-2-4-7-12)13-8-5-9-14(10-13)16(17,18)19/h2-11H,1H3,(H,20,21). The minimum Gasteiger partial charge on any atom is -0.346 e. The average Bonchev–Trinajstić information content (AvgIpc) is 2.47. The number of rotatable bonds is 3. The molecule has 0 bridgehead atoms. The highest BCUT2D eigenvalue weighted by Gasteiger charge is 2.30. The quantitative estimate of drug-likeness (QED) is 0.903. The van der Waals surface area contributed by atoms with Gasteiger partial charge in [-0.2, -0.15) is 13.2 Å². The monoisotopic (exact) mass is 293 g/mol. The van der Waals surface area contributed by atoms with E-state index in [2.05, 4.69) is 5.32 Å². The molecule has 1 unspecified atom stereocenters. The third-order valence-electron chi connectivity index (χ3n) is 3.10. The highest BCUT2D eigenvalue weighted by Crippen LogP contribution is 2.30. The SMILES string of the molecule is CC(NC(=O)c1ccccc1)c1cccc(C(F)(F)F)c1. The molecule has 0 saturated heterocycles. The number of amides is 1. The van der Waals surface area contributed by atoms with E-state index in [-0.39, 0.29) is 5.91 Å². The van der Waals surface area contributed by atoms with Gasteiger partial charge in [-0.3, -0.25) is 4.79 Å². The predicted molar refractivity (Wildman–Crippen MR) is 73.8 cm³/mol. The van der Waals surface area contributed by atoms with E-state index in [1.54, 1.807) is 43.3 Å². The summed E-state index contributed by atoms with van der Waals surface area (Å²) in [5, 5.41) is 2.68. The van der Waals surface area contributed by atoms with Gasteiger partial charge in [0.25, 0.3) is 5.91 Å². The molecule has 0 aliphatic heterocycles. The molecule has 2 aromatic rings. The van der Waals surface area contributed by atoms with Gasteiger partial charge in [-0.25, -0.2) is 0 Å². The van der Waals surface area contributed by atoms with Crippen LogP contribution in [-0.2, 0) is 6.18 Å². The summed E-state index contributed by atoms with van der Waals surface area (Å²) < 4.78 is 38.0. The second-order valence-electron chi connectivity index (χ2n) is 4.68. The Labute approximate surface area is 120 Å². The predicted octanol–water partition coefficient (Wildman–Crippen LogP) is 4.20. The Morgan fingerprint density at radius 3 is 2.33 bits per heavy atom. The van der Waals surface area contributed by atoms with E-state index in [1.165, 1.54) is 6.07 Å². The lowest BCUT2D eigenvalue weighted by molar-refractivity contribution is -0.137. The third-order valence-corrected chi connectivity index (χ3v) is 3.10. The van der Waals surface area contributed by atoms with Crippen molar-refractivity contribution in [2.45, 2.75) is 19.1 Å². The van der Waals surface area contributed by atoms with Gasteiger partial charge in [0.15, 0.2) is 0 Å². The molecule has 0 aliphatic carbocycles. The Hall–Kier alpha value is -2.30. The van der Waals surface area contributed by atoms with E-state index in [4.69, 9.17) is 0 Å². The maximum atomic E-state index is 12.7. The molecule has 2 rings (SSSR count). The van der Waals surface area contributed by atoms with Gasteiger partial charge in [0.1, 0.15) is 0 Å². The van der Waals surface area contributed by atoms with Crippen LogP contribution in [0.1, 0.15) is 34.5 Å². The van der Waals surface area contributed by atoms with Crippen LogP contribution < -0.4 is 5.32 Å². The van der Waals surface area contributed by atoms with Crippen molar-refractivity contribution in [3.05, 3.63) is 71.3 Å². The number of halogens is 3. The average molecular weight is 293 g/mol. The number of hydrogen-bond acceptors (Lipinski definition) is 1. The van der Waals surface area contributed by atoms with Crippen LogP contribution in [-0.4, -0.2) is 5.91 Å². The zero-order valence-electron chi connectivity index (χ0n) is 11.3. The first-order valence-electron chi connectivity index (χ1n) is 6.41. The molecule has 2 nitrogen and oxygen atoms in total. The Balaban J connectivity index is 2.14. The summed E-state index contributed by atoms with van der Waals surface area (Å²) in [6, 6.07) is 13.0. The molecule has 0 saturated carbocycles. The second-order valence-corrected chi connectivity index (χ2v) is 4.68. The van der Waals surface area contributed by atoms with Crippen molar-refractivity contribution in [3.63, 3.8) is 0 Å². The van der Waals surface area contributed by atoms with Crippen LogP contribution in [0.2, 0.25) is 0 Å². The van der Waals surface area contributed by atoms with Gasteiger partial charge in [-0.15, -0.1) is 0 Å². The van der Waals surface area contributed by atoms with Crippen molar-refractivity contribution < 1.29 is 18.0 Å². The van der Waals surface area contributed by atoms with Crippen molar-refractivity contribution in [3.8, 4) is 0 Å². The van der Waals surface area contributed by atoms with Crippen molar-refractivity contribution in [2.24, 2.45) is 0 Å². The van der Waals surface area contributed by atoms with Crippen LogP contribution in [0.5, 0.6) is 0 Å². The van der Waals surface area contributed by atoms with Crippen LogP contribution in [0, 0.1) is 0 Å². The maximum Gasteiger partial charge on any atom is 0.416 e. The number of nitrogens with one attached hydrogen (secondary N) is 1. The molecule has 110 valence electrons. The zero-order chi connectivity index (χ0) is 15.5. The molecular weight excluding hydrogens is 279 g/mol. The summed E-state index contributed by atoms with van der Waals surface area (Å²) in [6.45, 7) is 1.65. The summed E-state index contributed by atoms with van der Waals surface area (Å²) in [7, 11) is 0. The highest BCUT2D eigenvalue weighted by atomic mass is 19.4. The summed E-state index contributed by atoms with van der Waals surface area (Å²) in [4.78, 5) is 12.0. The van der Waals surface area contributed by atoms with Crippen LogP contribution in [0.3, 0.4) is 0 Å². The minimum atomic E-state index is -4.39. The summed E-state index contributed by atoms with van der Waals surface area (Å²) in [6.07, 6.45) is -4.39. The van der Waals surface area contributed by atoms with Gasteiger partial charge in [-0.05, 0) is 36.8 Å². The molecule has 2 aromatic carbocycles. The molecule has 5 heteroatoms. The molecule has 21 heavy (non-hydrogen) atoms. The lowest BCUT2D eigenvalue weighted by Crippen LogP contribution is -2.26. The largest absolute Gasteiger partial charge is 0.416 e. The molecule has 0 aromatic heterocycles. The first-order valence-corrected chi connectivity index (χ1v) is 6.41. The first kappa shape index (κ1) is 15.1. The molecule has 0 radical (unpaired) electrons. The molecule has 0 heterocycles. The van der Waals surface area contributed by atoms with Crippen molar-refractivity contribution in [1.29, 1.82) is 0 Å². The van der Waals surface area contributed by atoms with Gasteiger partial charge >= 0.3 is 6.18 Å². The lowest BCUT2D eigenvalue weighted by Gasteiger charge is -2.16. The van der Waals surface area contributed by atoms with Crippen LogP contribution >= 0.6 is 0 Å². The van der Waals surface area contributed by atoms with E-state index in [0.717, 1.165) is 12.1 Å². The molecule has 0 aliphatic rings.